The van der Waals surface area contributed by atoms with Crippen molar-refractivity contribution in [1.29, 1.82) is 0 Å². The van der Waals surface area contributed by atoms with E-state index in [1.54, 1.807) is 13.2 Å². The first-order valence-corrected chi connectivity index (χ1v) is 10.5. The van der Waals surface area contributed by atoms with Gasteiger partial charge in [0.05, 0.1) is 31.0 Å². The number of thiazole rings is 1. The van der Waals surface area contributed by atoms with E-state index in [0.29, 0.717) is 10.6 Å². The number of carbonyl (C=O) groups is 2. The molecule has 1 aliphatic heterocycles. The Labute approximate surface area is 175 Å². The Morgan fingerprint density at radius 3 is 2.45 bits per heavy atom. The van der Waals surface area contributed by atoms with Crippen LogP contribution < -0.4 is 10.2 Å². The number of anilines is 2. The number of morpholine rings is 1. The third-order valence-electron chi connectivity index (χ3n) is 4.61. The summed E-state index contributed by atoms with van der Waals surface area (Å²) in [5.74, 6) is -0.434. The molecule has 0 bridgehead atoms. The number of hydrogen-bond acceptors (Lipinski definition) is 6. The molecule has 8 heteroatoms. The summed E-state index contributed by atoms with van der Waals surface area (Å²) in [6, 6.07) is 7.73. The fourth-order valence-corrected chi connectivity index (χ4v) is 3.94. The van der Waals surface area contributed by atoms with E-state index in [9.17, 15) is 9.59 Å². The number of amides is 2. The highest BCUT2D eigenvalue weighted by atomic mass is 32.1. The van der Waals surface area contributed by atoms with Gasteiger partial charge in [-0.15, -0.1) is 11.3 Å². The first-order valence-electron chi connectivity index (χ1n) is 9.68. The Morgan fingerprint density at radius 2 is 1.86 bits per heavy atom. The fourth-order valence-electron chi connectivity index (χ4n) is 2.97. The number of rotatable bonds is 5. The Bertz CT molecular complexity index is 852. The third kappa shape index (κ3) is 5.55. The van der Waals surface area contributed by atoms with E-state index in [0.717, 1.165) is 37.0 Å². The molecule has 1 saturated heterocycles. The van der Waals surface area contributed by atoms with Crippen molar-refractivity contribution in [2.75, 3.05) is 50.1 Å². The van der Waals surface area contributed by atoms with Crippen molar-refractivity contribution in [2.24, 2.45) is 0 Å². The molecular formula is C21H28N4O3S. The largest absolute Gasteiger partial charge is 0.378 e. The number of carbonyl (C=O) groups excluding carboxylic acids is 2. The lowest BCUT2D eigenvalue weighted by atomic mass is 9.98. The van der Waals surface area contributed by atoms with Crippen LogP contribution in [0.25, 0.3) is 0 Å². The van der Waals surface area contributed by atoms with Crippen LogP contribution in [0.2, 0.25) is 0 Å². The van der Waals surface area contributed by atoms with Gasteiger partial charge in [0, 0.05) is 36.9 Å². The highest BCUT2D eigenvalue weighted by molar-refractivity contribution is 7.13. The predicted octanol–water partition coefficient (Wildman–Crippen LogP) is 2.99. The molecular weight excluding hydrogens is 388 g/mol. The Hall–Kier alpha value is -2.45. The van der Waals surface area contributed by atoms with Crippen molar-refractivity contribution in [1.82, 2.24) is 9.88 Å². The molecule has 1 aromatic carbocycles. The number of likely N-dealkylation sites (N-methyl/N-ethyl adjacent to an activating group) is 1. The van der Waals surface area contributed by atoms with Gasteiger partial charge in [-0.1, -0.05) is 20.8 Å². The van der Waals surface area contributed by atoms with Gasteiger partial charge in [-0.3, -0.25) is 9.59 Å². The molecule has 0 unspecified atom stereocenters. The van der Waals surface area contributed by atoms with E-state index in [1.165, 1.54) is 16.2 Å². The zero-order valence-electron chi connectivity index (χ0n) is 17.4. The summed E-state index contributed by atoms with van der Waals surface area (Å²) in [5, 5.41) is 3.75. The van der Waals surface area contributed by atoms with Crippen molar-refractivity contribution in [2.45, 2.75) is 26.2 Å². The van der Waals surface area contributed by atoms with Gasteiger partial charge in [-0.25, -0.2) is 4.98 Å². The minimum atomic E-state index is -0.236. The molecule has 156 valence electrons. The SMILES string of the molecule is CN(CC(=O)Nc1ccc(N2CCOCC2)cc1)C(=O)c1cnc(C(C)(C)C)s1. The van der Waals surface area contributed by atoms with Gasteiger partial charge in [0.15, 0.2) is 0 Å². The average molecular weight is 417 g/mol. The molecule has 0 radical (unpaired) electrons. The Kier molecular flexibility index (Phi) is 6.54. The second-order valence-electron chi connectivity index (χ2n) is 8.14. The van der Waals surface area contributed by atoms with Gasteiger partial charge in [-0.2, -0.15) is 0 Å². The van der Waals surface area contributed by atoms with Gasteiger partial charge in [0.25, 0.3) is 5.91 Å². The molecule has 7 nitrogen and oxygen atoms in total. The van der Waals surface area contributed by atoms with Gasteiger partial charge >= 0.3 is 0 Å². The molecule has 2 amide bonds. The highest BCUT2D eigenvalue weighted by Crippen LogP contribution is 2.27. The zero-order valence-corrected chi connectivity index (χ0v) is 18.2. The number of aromatic nitrogens is 1. The third-order valence-corrected chi connectivity index (χ3v) is 6.02. The molecule has 0 aliphatic carbocycles. The van der Waals surface area contributed by atoms with Crippen LogP contribution in [0.4, 0.5) is 11.4 Å². The van der Waals surface area contributed by atoms with E-state index in [1.807, 2.05) is 24.3 Å². The van der Waals surface area contributed by atoms with E-state index < -0.39 is 0 Å². The first kappa shape index (κ1) is 21.3. The Balaban J connectivity index is 1.54. The summed E-state index contributed by atoms with van der Waals surface area (Å²) in [4.78, 5) is 33.5. The lowest BCUT2D eigenvalue weighted by Gasteiger charge is -2.28. The molecule has 1 aromatic heterocycles. The lowest BCUT2D eigenvalue weighted by molar-refractivity contribution is -0.116. The van der Waals surface area contributed by atoms with Crippen molar-refractivity contribution in [3.8, 4) is 0 Å². The second-order valence-corrected chi connectivity index (χ2v) is 9.17. The maximum absolute atomic E-state index is 12.6. The molecule has 0 saturated carbocycles. The highest BCUT2D eigenvalue weighted by Gasteiger charge is 2.23. The van der Waals surface area contributed by atoms with E-state index in [-0.39, 0.29) is 23.8 Å². The standard InChI is InChI=1S/C21H28N4O3S/c1-21(2,3)20-22-13-17(29-20)19(27)24(4)14-18(26)23-15-5-7-16(8-6-15)25-9-11-28-12-10-25/h5-8,13H,9-12,14H2,1-4H3,(H,23,26). The Morgan fingerprint density at radius 1 is 1.21 bits per heavy atom. The lowest BCUT2D eigenvalue weighted by Crippen LogP contribution is -2.36. The van der Waals surface area contributed by atoms with Crippen LogP contribution >= 0.6 is 11.3 Å². The van der Waals surface area contributed by atoms with Crippen LogP contribution in [0.1, 0.15) is 35.5 Å². The van der Waals surface area contributed by atoms with Crippen LogP contribution in [0, 0.1) is 0 Å². The second kappa shape index (κ2) is 8.92. The smallest absolute Gasteiger partial charge is 0.265 e. The van der Waals surface area contributed by atoms with Crippen LogP contribution in [-0.4, -0.2) is 61.6 Å². The minimum absolute atomic E-state index is 0.0210. The summed E-state index contributed by atoms with van der Waals surface area (Å²) in [5.41, 5.74) is 1.71. The summed E-state index contributed by atoms with van der Waals surface area (Å²) in [6.07, 6.45) is 1.59. The van der Waals surface area contributed by atoms with Crippen LogP contribution in [0.5, 0.6) is 0 Å². The molecule has 3 rings (SSSR count). The maximum atomic E-state index is 12.6. The van der Waals surface area contributed by atoms with E-state index in [4.69, 9.17) is 4.74 Å². The molecule has 1 N–H and O–H groups in total. The topological polar surface area (TPSA) is 74.8 Å². The number of hydrogen-bond donors (Lipinski definition) is 1. The van der Waals surface area contributed by atoms with Crippen molar-refractivity contribution in [3.63, 3.8) is 0 Å². The van der Waals surface area contributed by atoms with Crippen LogP contribution in [0.3, 0.4) is 0 Å². The normalized spacial score (nSPS) is 14.6. The molecule has 0 spiro atoms. The summed E-state index contributed by atoms with van der Waals surface area (Å²) in [7, 11) is 1.62. The van der Waals surface area contributed by atoms with Crippen molar-refractivity contribution < 1.29 is 14.3 Å². The quantitative estimate of drug-likeness (QED) is 0.811. The molecule has 1 aliphatic rings. The number of ether oxygens (including phenoxy) is 1. The minimum Gasteiger partial charge on any atom is -0.378 e. The average Bonchev–Trinajstić information content (AvgIpc) is 3.19. The predicted molar refractivity (Wildman–Crippen MR) is 116 cm³/mol. The van der Waals surface area contributed by atoms with Crippen LogP contribution in [-0.2, 0) is 14.9 Å². The first-order chi connectivity index (χ1) is 13.7. The maximum Gasteiger partial charge on any atom is 0.265 e. The van der Waals surface area contributed by atoms with Crippen molar-refractivity contribution in [3.05, 3.63) is 40.3 Å². The van der Waals surface area contributed by atoms with Gasteiger partial charge in [0.1, 0.15) is 4.88 Å². The summed E-state index contributed by atoms with van der Waals surface area (Å²) in [6.45, 7) is 9.35. The molecule has 2 heterocycles. The van der Waals surface area contributed by atoms with Gasteiger partial charge < -0.3 is 19.9 Å². The molecule has 29 heavy (non-hydrogen) atoms. The van der Waals surface area contributed by atoms with E-state index >= 15 is 0 Å². The summed E-state index contributed by atoms with van der Waals surface area (Å²) < 4.78 is 5.37. The van der Waals surface area contributed by atoms with Crippen LogP contribution in [0.15, 0.2) is 30.5 Å². The zero-order chi connectivity index (χ0) is 21.0. The summed E-state index contributed by atoms with van der Waals surface area (Å²) >= 11 is 1.37. The number of nitrogens with zero attached hydrogens (tertiary/aromatic N) is 3. The van der Waals surface area contributed by atoms with Crippen molar-refractivity contribution >= 4 is 34.5 Å². The fraction of sp³-hybridized carbons (Fsp3) is 0.476. The van der Waals surface area contributed by atoms with Gasteiger partial charge in [0.2, 0.25) is 5.91 Å². The van der Waals surface area contributed by atoms with E-state index in [2.05, 4.69) is 36.0 Å². The molecule has 1 fully saturated rings. The molecule has 2 aromatic rings. The number of benzene rings is 1. The number of nitrogens with one attached hydrogen (secondary N) is 1. The van der Waals surface area contributed by atoms with Gasteiger partial charge in [-0.05, 0) is 24.3 Å². The molecule has 0 atom stereocenters. The monoisotopic (exact) mass is 416 g/mol.